The van der Waals surface area contributed by atoms with E-state index >= 15 is 0 Å². The van der Waals surface area contributed by atoms with Gasteiger partial charge in [-0.15, -0.1) is 0 Å². The summed E-state index contributed by atoms with van der Waals surface area (Å²) in [6, 6.07) is 13.6. The van der Waals surface area contributed by atoms with Crippen LogP contribution in [0.5, 0.6) is 0 Å². The summed E-state index contributed by atoms with van der Waals surface area (Å²) in [5.41, 5.74) is 2.01. The van der Waals surface area contributed by atoms with Gasteiger partial charge < -0.3 is 10.6 Å². The number of halogens is 1. The Morgan fingerprint density at radius 1 is 0.964 bits per heavy atom. The number of carbonyl (C=O) groups excluding carboxylic acids is 2. The van der Waals surface area contributed by atoms with Crippen LogP contribution in [-0.4, -0.2) is 11.8 Å². The number of carbonyl (C=O) groups is 2. The van der Waals surface area contributed by atoms with Crippen LogP contribution in [0.15, 0.2) is 48.5 Å². The van der Waals surface area contributed by atoms with Crippen molar-refractivity contribution in [2.75, 3.05) is 5.32 Å². The molecule has 0 aliphatic heterocycles. The Morgan fingerprint density at radius 3 is 2.14 bits per heavy atom. The molecule has 0 aromatic heterocycles. The SMILES string of the molecule is CC(=O)Nc1ccc(C2(C(=O)NC(C)c3ccc(F)cc3)CCCCC2)cc1. The quantitative estimate of drug-likeness (QED) is 0.776. The average Bonchev–Trinajstić information content (AvgIpc) is 2.69. The number of rotatable bonds is 5. The number of hydrogen-bond acceptors (Lipinski definition) is 2. The van der Waals surface area contributed by atoms with E-state index in [1.807, 2.05) is 31.2 Å². The first-order chi connectivity index (χ1) is 13.4. The monoisotopic (exact) mass is 382 g/mol. The average molecular weight is 382 g/mol. The van der Waals surface area contributed by atoms with E-state index in [4.69, 9.17) is 0 Å². The van der Waals surface area contributed by atoms with Gasteiger partial charge >= 0.3 is 0 Å². The Hall–Kier alpha value is -2.69. The van der Waals surface area contributed by atoms with Crippen LogP contribution in [0.1, 0.15) is 63.1 Å². The normalized spacial score (nSPS) is 16.8. The van der Waals surface area contributed by atoms with Gasteiger partial charge in [-0.1, -0.05) is 43.5 Å². The molecule has 0 spiro atoms. The zero-order valence-electron chi connectivity index (χ0n) is 16.4. The Kier molecular flexibility index (Phi) is 6.12. The van der Waals surface area contributed by atoms with Gasteiger partial charge in [0.1, 0.15) is 5.82 Å². The second-order valence-corrected chi connectivity index (χ2v) is 7.65. The predicted molar refractivity (Wildman–Crippen MR) is 108 cm³/mol. The Labute approximate surface area is 165 Å². The molecule has 2 aromatic rings. The molecule has 3 rings (SSSR count). The summed E-state index contributed by atoms with van der Waals surface area (Å²) in [6.45, 7) is 3.39. The molecule has 4 nitrogen and oxygen atoms in total. The molecule has 1 atom stereocenters. The van der Waals surface area contributed by atoms with E-state index in [0.717, 1.165) is 48.9 Å². The lowest BCUT2D eigenvalue weighted by molar-refractivity contribution is -0.128. The summed E-state index contributed by atoms with van der Waals surface area (Å²) in [5, 5.41) is 5.91. The molecule has 148 valence electrons. The summed E-state index contributed by atoms with van der Waals surface area (Å²) in [6.07, 6.45) is 4.74. The van der Waals surface area contributed by atoms with Gasteiger partial charge in [-0.3, -0.25) is 9.59 Å². The molecule has 1 unspecified atom stereocenters. The Balaban J connectivity index is 1.83. The minimum atomic E-state index is -0.568. The van der Waals surface area contributed by atoms with E-state index in [-0.39, 0.29) is 23.7 Å². The molecular formula is C23H27FN2O2. The van der Waals surface area contributed by atoms with Crippen molar-refractivity contribution >= 4 is 17.5 Å². The lowest BCUT2D eigenvalue weighted by Gasteiger charge is -2.37. The molecule has 1 fully saturated rings. The van der Waals surface area contributed by atoms with E-state index in [1.165, 1.54) is 19.1 Å². The third kappa shape index (κ3) is 4.41. The molecule has 1 aliphatic carbocycles. The van der Waals surface area contributed by atoms with Gasteiger partial charge in [-0.05, 0) is 55.2 Å². The molecule has 0 saturated heterocycles. The number of anilines is 1. The van der Waals surface area contributed by atoms with Crippen molar-refractivity contribution in [1.29, 1.82) is 0 Å². The van der Waals surface area contributed by atoms with E-state index in [2.05, 4.69) is 10.6 Å². The Bertz CT molecular complexity index is 825. The highest BCUT2D eigenvalue weighted by atomic mass is 19.1. The molecule has 0 radical (unpaired) electrons. The van der Waals surface area contributed by atoms with E-state index in [0.29, 0.717) is 0 Å². The van der Waals surface area contributed by atoms with Crippen molar-refractivity contribution < 1.29 is 14.0 Å². The van der Waals surface area contributed by atoms with Crippen LogP contribution in [0.2, 0.25) is 0 Å². The van der Waals surface area contributed by atoms with Crippen LogP contribution in [0, 0.1) is 5.82 Å². The molecule has 28 heavy (non-hydrogen) atoms. The van der Waals surface area contributed by atoms with Crippen molar-refractivity contribution in [1.82, 2.24) is 5.32 Å². The molecule has 2 amide bonds. The number of benzene rings is 2. The van der Waals surface area contributed by atoms with Gasteiger partial charge in [0.15, 0.2) is 0 Å². The fraction of sp³-hybridized carbons (Fsp3) is 0.391. The molecule has 1 saturated carbocycles. The molecule has 2 N–H and O–H groups in total. The molecule has 0 bridgehead atoms. The third-order valence-electron chi connectivity index (χ3n) is 5.62. The maximum atomic E-state index is 13.4. The van der Waals surface area contributed by atoms with Crippen LogP contribution in [0.4, 0.5) is 10.1 Å². The highest BCUT2D eigenvalue weighted by molar-refractivity contribution is 5.90. The van der Waals surface area contributed by atoms with Crippen LogP contribution in [0.25, 0.3) is 0 Å². The van der Waals surface area contributed by atoms with Gasteiger partial charge in [0.25, 0.3) is 0 Å². The predicted octanol–water partition coefficient (Wildman–Crippen LogP) is 4.86. The second kappa shape index (κ2) is 8.55. The van der Waals surface area contributed by atoms with Crippen molar-refractivity contribution in [3.8, 4) is 0 Å². The number of nitrogens with one attached hydrogen (secondary N) is 2. The molecule has 1 aliphatic rings. The molecular weight excluding hydrogens is 355 g/mol. The van der Waals surface area contributed by atoms with E-state index in [9.17, 15) is 14.0 Å². The van der Waals surface area contributed by atoms with Crippen molar-refractivity contribution in [3.63, 3.8) is 0 Å². The topological polar surface area (TPSA) is 58.2 Å². The van der Waals surface area contributed by atoms with Gasteiger partial charge in [-0.2, -0.15) is 0 Å². The first-order valence-corrected chi connectivity index (χ1v) is 9.85. The van der Waals surface area contributed by atoms with Gasteiger partial charge in [-0.25, -0.2) is 4.39 Å². The van der Waals surface area contributed by atoms with Crippen molar-refractivity contribution in [2.24, 2.45) is 0 Å². The lowest BCUT2D eigenvalue weighted by Crippen LogP contribution is -2.46. The summed E-state index contributed by atoms with van der Waals surface area (Å²) < 4.78 is 13.2. The van der Waals surface area contributed by atoms with Crippen molar-refractivity contribution in [2.45, 2.75) is 57.4 Å². The van der Waals surface area contributed by atoms with Crippen LogP contribution in [0.3, 0.4) is 0 Å². The highest BCUT2D eigenvalue weighted by Gasteiger charge is 2.41. The van der Waals surface area contributed by atoms with Crippen LogP contribution < -0.4 is 10.6 Å². The molecule has 0 heterocycles. The Morgan fingerprint density at radius 2 is 1.57 bits per heavy atom. The number of amides is 2. The fourth-order valence-corrected chi connectivity index (χ4v) is 4.05. The smallest absolute Gasteiger partial charge is 0.231 e. The summed E-state index contributed by atoms with van der Waals surface area (Å²) >= 11 is 0. The minimum Gasteiger partial charge on any atom is -0.349 e. The first kappa shape index (κ1) is 20.1. The standard InChI is InChI=1S/C23H27FN2O2/c1-16(18-6-10-20(24)11-7-18)25-22(28)23(14-4-3-5-15-23)19-8-12-21(13-9-19)26-17(2)27/h6-13,16H,3-5,14-15H2,1-2H3,(H,25,28)(H,26,27). The third-order valence-corrected chi connectivity index (χ3v) is 5.62. The fourth-order valence-electron chi connectivity index (χ4n) is 4.05. The van der Waals surface area contributed by atoms with Crippen LogP contribution in [-0.2, 0) is 15.0 Å². The zero-order valence-corrected chi connectivity index (χ0v) is 16.4. The maximum absolute atomic E-state index is 13.4. The second-order valence-electron chi connectivity index (χ2n) is 7.65. The lowest BCUT2D eigenvalue weighted by atomic mass is 9.68. The van der Waals surface area contributed by atoms with E-state index < -0.39 is 5.41 Å². The minimum absolute atomic E-state index is 0.0105. The zero-order chi connectivity index (χ0) is 20.1. The van der Waals surface area contributed by atoms with Gasteiger partial charge in [0.05, 0.1) is 11.5 Å². The largest absolute Gasteiger partial charge is 0.349 e. The first-order valence-electron chi connectivity index (χ1n) is 9.85. The molecule has 5 heteroatoms. The summed E-state index contributed by atoms with van der Waals surface area (Å²) in [7, 11) is 0. The maximum Gasteiger partial charge on any atom is 0.231 e. The summed E-state index contributed by atoms with van der Waals surface area (Å²) in [5.74, 6) is -0.396. The number of hydrogen-bond donors (Lipinski definition) is 2. The van der Waals surface area contributed by atoms with Gasteiger partial charge in [0, 0.05) is 12.6 Å². The summed E-state index contributed by atoms with van der Waals surface area (Å²) in [4.78, 5) is 24.6. The highest BCUT2D eigenvalue weighted by Crippen LogP contribution is 2.40. The van der Waals surface area contributed by atoms with E-state index in [1.54, 1.807) is 12.1 Å². The molecule has 2 aromatic carbocycles. The van der Waals surface area contributed by atoms with Gasteiger partial charge in [0.2, 0.25) is 11.8 Å². The van der Waals surface area contributed by atoms with Crippen LogP contribution >= 0.6 is 0 Å². The van der Waals surface area contributed by atoms with Crippen molar-refractivity contribution in [3.05, 3.63) is 65.5 Å².